The molecule has 0 aliphatic heterocycles. The van der Waals surface area contributed by atoms with E-state index in [0.29, 0.717) is 11.7 Å². The molecule has 0 aliphatic carbocycles. The average Bonchev–Trinajstić information content (AvgIpc) is 1.94. The van der Waals surface area contributed by atoms with Crippen LogP contribution in [0.3, 0.4) is 0 Å². The van der Waals surface area contributed by atoms with Crippen molar-refractivity contribution in [3.63, 3.8) is 0 Å². The summed E-state index contributed by atoms with van der Waals surface area (Å²) in [6.45, 7) is 4.01. The van der Waals surface area contributed by atoms with Crippen LogP contribution in [0, 0.1) is 5.82 Å². The summed E-state index contributed by atoms with van der Waals surface area (Å²) in [6, 6.07) is 4.65. The van der Waals surface area contributed by atoms with Crippen LogP contribution in [0.1, 0.15) is 13.8 Å². The number of nitrogens with two attached hydrogens (primary N) is 1. The Balaban J connectivity index is 2.86. The molecule has 0 spiro atoms. The molecule has 12 heavy (non-hydrogen) atoms. The standard InChI is InChI=1S/C9H13FN2/c1-6(2)12-9-4-3-7(10)5-8(9)11/h3-6,12H,11H2,1-2H3. The molecule has 0 aliphatic rings. The molecule has 3 N–H and O–H groups in total. The van der Waals surface area contributed by atoms with Crippen molar-refractivity contribution in [1.29, 1.82) is 0 Å². The fourth-order valence-electron chi connectivity index (χ4n) is 0.976. The molecule has 1 aromatic rings. The fraction of sp³-hybridized carbons (Fsp3) is 0.333. The van der Waals surface area contributed by atoms with E-state index in [1.54, 1.807) is 6.07 Å². The van der Waals surface area contributed by atoms with Gasteiger partial charge < -0.3 is 11.1 Å². The third kappa shape index (κ3) is 2.12. The lowest BCUT2D eigenvalue weighted by molar-refractivity contribution is 0.628. The molecular weight excluding hydrogens is 155 g/mol. The van der Waals surface area contributed by atoms with E-state index in [0.717, 1.165) is 5.69 Å². The van der Waals surface area contributed by atoms with Crippen molar-refractivity contribution < 1.29 is 4.39 Å². The van der Waals surface area contributed by atoms with E-state index in [2.05, 4.69) is 5.32 Å². The Morgan fingerprint density at radius 1 is 1.42 bits per heavy atom. The predicted octanol–water partition coefficient (Wildman–Crippen LogP) is 2.23. The first-order chi connectivity index (χ1) is 5.59. The molecule has 3 heteroatoms. The zero-order valence-electron chi connectivity index (χ0n) is 7.26. The smallest absolute Gasteiger partial charge is 0.125 e. The highest BCUT2D eigenvalue weighted by atomic mass is 19.1. The summed E-state index contributed by atoms with van der Waals surface area (Å²) >= 11 is 0. The van der Waals surface area contributed by atoms with Crippen LogP contribution in [-0.2, 0) is 0 Å². The Morgan fingerprint density at radius 3 is 2.58 bits per heavy atom. The van der Waals surface area contributed by atoms with E-state index in [-0.39, 0.29) is 5.82 Å². The summed E-state index contributed by atoms with van der Waals surface area (Å²) in [6.07, 6.45) is 0. The van der Waals surface area contributed by atoms with Gasteiger partial charge in [-0.3, -0.25) is 0 Å². The van der Waals surface area contributed by atoms with Crippen molar-refractivity contribution in [3.05, 3.63) is 24.0 Å². The molecule has 0 aromatic heterocycles. The first-order valence-electron chi connectivity index (χ1n) is 3.91. The maximum Gasteiger partial charge on any atom is 0.125 e. The molecule has 0 bridgehead atoms. The van der Waals surface area contributed by atoms with E-state index in [1.165, 1.54) is 12.1 Å². The molecule has 0 fully saturated rings. The van der Waals surface area contributed by atoms with Gasteiger partial charge in [-0.2, -0.15) is 0 Å². The summed E-state index contributed by atoms with van der Waals surface area (Å²) in [5.74, 6) is -0.304. The van der Waals surface area contributed by atoms with Crippen LogP contribution < -0.4 is 11.1 Å². The molecular formula is C9H13FN2. The largest absolute Gasteiger partial charge is 0.397 e. The van der Waals surface area contributed by atoms with Crippen LogP contribution in [0.4, 0.5) is 15.8 Å². The highest BCUT2D eigenvalue weighted by molar-refractivity contribution is 5.66. The monoisotopic (exact) mass is 168 g/mol. The number of rotatable bonds is 2. The molecule has 0 heterocycles. The van der Waals surface area contributed by atoms with Crippen LogP contribution in [0.15, 0.2) is 18.2 Å². The zero-order valence-corrected chi connectivity index (χ0v) is 7.26. The van der Waals surface area contributed by atoms with Crippen molar-refractivity contribution in [2.45, 2.75) is 19.9 Å². The van der Waals surface area contributed by atoms with Crippen LogP contribution in [0.5, 0.6) is 0 Å². The number of halogens is 1. The number of nitrogens with one attached hydrogen (secondary N) is 1. The number of anilines is 2. The maximum atomic E-state index is 12.6. The minimum Gasteiger partial charge on any atom is -0.397 e. The van der Waals surface area contributed by atoms with Gasteiger partial charge >= 0.3 is 0 Å². The highest BCUT2D eigenvalue weighted by Crippen LogP contribution is 2.19. The molecule has 2 nitrogen and oxygen atoms in total. The lowest BCUT2D eigenvalue weighted by Gasteiger charge is -2.11. The first-order valence-corrected chi connectivity index (χ1v) is 3.91. The van der Waals surface area contributed by atoms with Crippen molar-refractivity contribution in [3.8, 4) is 0 Å². The fourth-order valence-corrected chi connectivity index (χ4v) is 0.976. The quantitative estimate of drug-likeness (QED) is 0.664. The Hall–Kier alpha value is -1.25. The van der Waals surface area contributed by atoms with E-state index < -0.39 is 0 Å². The minimum absolute atomic E-state index is 0.303. The first kappa shape index (κ1) is 8.84. The minimum atomic E-state index is -0.304. The van der Waals surface area contributed by atoms with Crippen molar-refractivity contribution in [1.82, 2.24) is 0 Å². The van der Waals surface area contributed by atoms with Crippen molar-refractivity contribution in [2.75, 3.05) is 11.1 Å². The van der Waals surface area contributed by atoms with Gasteiger partial charge in [0.1, 0.15) is 5.82 Å². The molecule has 1 rings (SSSR count). The second kappa shape index (κ2) is 3.43. The zero-order chi connectivity index (χ0) is 9.14. The van der Waals surface area contributed by atoms with E-state index in [9.17, 15) is 4.39 Å². The van der Waals surface area contributed by atoms with Crippen LogP contribution in [-0.4, -0.2) is 6.04 Å². The third-order valence-corrected chi connectivity index (χ3v) is 1.46. The number of nitrogen functional groups attached to an aromatic ring is 1. The highest BCUT2D eigenvalue weighted by Gasteiger charge is 2.00. The second-order valence-electron chi connectivity index (χ2n) is 3.03. The lowest BCUT2D eigenvalue weighted by Crippen LogP contribution is -2.11. The molecule has 0 atom stereocenters. The van der Waals surface area contributed by atoms with Crippen LogP contribution >= 0.6 is 0 Å². The number of benzene rings is 1. The Labute approximate surface area is 71.6 Å². The van der Waals surface area contributed by atoms with Gasteiger partial charge in [-0.1, -0.05) is 0 Å². The van der Waals surface area contributed by atoms with Crippen LogP contribution in [0.25, 0.3) is 0 Å². The maximum absolute atomic E-state index is 12.6. The van der Waals surface area contributed by atoms with Gasteiger partial charge in [0, 0.05) is 6.04 Å². The molecule has 0 unspecified atom stereocenters. The average molecular weight is 168 g/mol. The van der Waals surface area contributed by atoms with E-state index >= 15 is 0 Å². The van der Waals surface area contributed by atoms with Gasteiger partial charge in [0.15, 0.2) is 0 Å². The van der Waals surface area contributed by atoms with E-state index in [1.807, 2.05) is 13.8 Å². The van der Waals surface area contributed by atoms with Gasteiger partial charge in [-0.25, -0.2) is 4.39 Å². The molecule has 0 amide bonds. The predicted molar refractivity (Wildman–Crippen MR) is 49.6 cm³/mol. The number of hydrogen-bond acceptors (Lipinski definition) is 2. The second-order valence-corrected chi connectivity index (χ2v) is 3.03. The summed E-state index contributed by atoms with van der Waals surface area (Å²) in [7, 11) is 0. The van der Waals surface area contributed by atoms with Gasteiger partial charge in [-0.15, -0.1) is 0 Å². The van der Waals surface area contributed by atoms with E-state index in [4.69, 9.17) is 5.73 Å². The summed E-state index contributed by atoms with van der Waals surface area (Å²) in [5.41, 5.74) is 6.80. The Bertz CT molecular complexity index is 271. The SMILES string of the molecule is CC(C)Nc1ccc(F)cc1N. The topological polar surface area (TPSA) is 38.0 Å². The van der Waals surface area contributed by atoms with Crippen molar-refractivity contribution in [2.24, 2.45) is 0 Å². The van der Waals surface area contributed by atoms with Crippen LogP contribution in [0.2, 0.25) is 0 Å². The summed E-state index contributed by atoms with van der Waals surface area (Å²) in [4.78, 5) is 0. The molecule has 0 saturated heterocycles. The molecule has 66 valence electrons. The normalized spacial score (nSPS) is 10.3. The van der Waals surface area contributed by atoms with Gasteiger partial charge in [0.25, 0.3) is 0 Å². The summed E-state index contributed by atoms with van der Waals surface area (Å²) in [5, 5.41) is 3.11. The third-order valence-electron chi connectivity index (χ3n) is 1.46. The van der Waals surface area contributed by atoms with Gasteiger partial charge in [-0.05, 0) is 32.0 Å². The van der Waals surface area contributed by atoms with Gasteiger partial charge in [0.2, 0.25) is 0 Å². The Kier molecular flexibility index (Phi) is 2.53. The van der Waals surface area contributed by atoms with Gasteiger partial charge in [0.05, 0.1) is 11.4 Å². The molecule has 0 radical (unpaired) electrons. The summed E-state index contributed by atoms with van der Waals surface area (Å²) < 4.78 is 12.6. The molecule has 0 saturated carbocycles. The molecule has 1 aromatic carbocycles. The van der Waals surface area contributed by atoms with Crippen molar-refractivity contribution >= 4 is 11.4 Å². The lowest BCUT2D eigenvalue weighted by atomic mass is 10.2. The number of hydrogen-bond donors (Lipinski definition) is 2. The Morgan fingerprint density at radius 2 is 2.08 bits per heavy atom.